The fourth-order valence-corrected chi connectivity index (χ4v) is 1.79. The minimum atomic E-state index is -1.02. The van der Waals surface area contributed by atoms with Crippen molar-refractivity contribution in [1.82, 2.24) is 20.4 Å². The van der Waals surface area contributed by atoms with Crippen molar-refractivity contribution >= 4 is 12.0 Å². The van der Waals surface area contributed by atoms with Gasteiger partial charge in [0.05, 0.1) is 12.3 Å². The third kappa shape index (κ3) is 7.31. The van der Waals surface area contributed by atoms with Crippen molar-refractivity contribution in [3.63, 3.8) is 0 Å². The van der Waals surface area contributed by atoms with Gasteiger partial charge in [-0.15, -0.1) is 0 Å². The summed E-state index contributed by atoms with van der Waals surface area (Å²) in [6, 6.07) is 1.72. The third-order valence-corrected chi connectivity index (χ3v) is 2.69. The molecule has 0 saturated carbocycles. The zero-order valence-electron chi connectivity index (χ0n) is 12.4. The first kappa shape index (κ1) is 17.0. The summed E-state index contributed by atoms with van der Waals surface area (Å²) in [7, 11) is 0. The van der Waals surface area contributed by atoms with Gasteiger partial charge in [0.25, 0.3) is 0 Å². The topological polar surface area (TPSA) is 105 Å². The average Bonchev–Trinajstić information content (AvgIpc) is 2.72. The van der Waals surface area contributed by atoms with Crippen molar-refractivity contribution in [2.45, 2.75) is 26.8 Å². The van der Waals surface area contributed by atoms with E-state index in [9.17, 15) is 9.59 Å². The van der Waals surface area contributed by atoms with Crippen molar-refractivity contribution in [3.8, 4) is 0 Å². The highest BCUT2D eigenvalue weighted by atomic mass is 16.5. The van der Waals surface area contributed by atoms with Crippen LogP contribution >= 0.6 is 0 Å². The van der Waals surface area contributed by atoms with Gasteiger partial charge in [0, 0.05) is 25.3 Å². The number of aliphatic carboxylic acids is 1. The zero-order valence-corrected chi connectivity index (χ0v) is 12.4. The molecule has 0 unspecified atom stereocenters. The molecule has 3 N–H and O–H groups in total. The number of ether oxygens (including phenoxy) is 1. The number of hydrogen-bond donors (Lipinski definition) is 3. The maximum atomic E-state index is 11.4. The summed E-state index contributed by atoms with van der Waals surface area (Å²) in [5, 5.41) is 18.0. The van der Waals surface area contributed by atoms with E-state index in [0.717, 1.165) is 24.4 Å². The summed E-state index contributed by atoms with van der Waals surface area (Å²) in [5.74, 6) is -1.02. The summed E-state index contributed by atoms with van der Waals surface area (Å²) in [6.07, 6.45) is 0.783. The van der Waals surface area contributed by atoms with E-state index in [-0.39, 0.29) is 25.8 Å². The van der Waals surface area contributed by atoms with Gasteiger partial charge < -0.3 is 20.5 Å². The van der Waals surface area contributed by atoms with E-state index in [1.54, 1.807) is 0 Å². The van der Waals surface area contributed by atoms with E-state index in [0.29, 0.717) is 6.54 Å². The van der Waals surface area contributed by atoms with Crippen LogP contribution in [-0.4, -0.2) is 53.2 Å². The minimum Gasteiger partial charge on any atom is -0.480 e. The average molecular weight is 298 g/mol. The number of carbonyl (C=O) groups excluding carboxylic acids is 1. The molecule has 0 aliphatic rings. The van der Waals surface area contributed by atoms with Crippen LogP contribution in [0.25, 0.3) is 0 Å². The van der Waals surface area contributed by atoms with E-state index in [2.05, 4.69) is 15.7 Å². The fourth-order valence-electron chi connectivity index (χ4n) is 1.79. The number of amides is 2. The Labute approximate surface area is 123 Å². The van der Waals surface area contributed by atoms with Crippen LogP contribution in [-0.2, 0) is 16.1 Å². The van der Waals surface area contributed by atoms with Gasteiger partial charge in [-0.25, -0.2) is 9.59 Å². The lowest BCUT2D eigenvalue weighted by molar-refractivity contribution is -0.142. The van der Waals surface area contributed by atoms with Crippen LogP contribution in [0.15, 0.2) is 6.07 Å². The first-order valence-electron chi connectivity index (χ1n) is 6.81. The molecule has 0 aliphatic heterocycles. The summed E-state index contributed by atoms with van der Waals surface area (Å²) in [4.78, 5) is 21.6. The molecule has 0 atom stereocenters. The Morgan fingerprint density at radius 2 is 2.05 bits per heavy atom. The van der Waals surface area contributed by atoms with Gasteiger partial charge in [-0.1, -0.05) is 0 Å². The van der Waals surface area contributed by atoms with Crippen molar-refractivity contribution < 1.29 is 19.4 Å². The Morgan fingerprint density at radius 3 is 2.67 bits per heavy atom. The van der Waals surface area contributed by atoms with Gasteiger partial charge in [-0.05, 0) is 26.3 Å². The molecule has 8 heteroatoms. The Morgan fingerprint density at radius 1 is 1.33 bits per heavy atom. The minimum absolute atomic E-state index is 0.172. The molecule has 118 valence electrons. The quantitative estimate of drug-likeness (QED) is 0.568. The smallest absolute Gasteiger partial charge is 0.329 e. The largest absolute Gasteiger partial charge is 0.480 e. The van der Waals surface area contributed by atoms with E-state index in [4.69, 9.17) is 9.84 Å². The first-order valence-corrected chi connectivity index (χ1v) is 6.81. The number of carbonyl (C=O) groups is 2. The monoisotopic (exact) mass is 298 g/mol. The Kier molecular flexibility index (Phi) is 7.24. The van der Waals surface area contributed by atoms with Crippen LogP contribution in [0.4, 0.5) is 4.79 Å². The fraction of sp³-hybridized carbons (Fsp3) is 0.615. The third-order valence-electron chi connectivity index (χ3n) is 2.69. The van der Waals surface area contributed by atoms with E-state index >= 15 is 0 Å². The predicted molar refractivity (Wildman–Crippen MR) is 76.2 cm³/mol. The summed E-state index contributed by atoms with van der Waals surface area (Å²) in [5.41, 5.74) is 2.09. The predicted octanol–water partition coefficient (Wildman–Crippen LogP) is 0.290. The number of carboxylic acid groups (broad SMARTS) is 1. The number of aryl methyl sites for hydroxylation is 3. The highest BCUT2D eigenvalue weighted by molar-refractivity contribution is 5.73. The van der Waals surface area contributed by atoms with Gasteiger partial charge in [0.15, 0.2) is 0 Å². The molecule has 1 rings (SSSR count). The number of aromatic nitrogens is 2. The molecular formula is C13H22N4O4. The standard InChI is InChI=1S/C13H22N4O4/c1-10-8-11(2)17(16-10)6-3-4-14-13(20)15-5-7-21-9-12(18)19/h8H,3-7,9H2,1-2H3,(H,18,19)(H2,14,15,20). The molecule has 0 bridgehead atoms. The van der Waals surface area contributed by atoms with E-state index < -0.39 is 5.97 Å². The van der Waals surface area contributed by atoms with Crippen molar-refractivity contribution in [2.24, 2.45) is 0 Å². The van der Waals surface area contributed by atoms with Crippen LogP contribution in [0.1, 0.15) is 17.8 Å². The molecule has 2 amide bonds. The first-order chi connectivity index (χ1) is 9.99. The molecule has 0 fully saturated rings. The number of carboxylic acids is 1. The van der Waals surface area contributed by atoms with Gasteiger partial charge in [0.1, 0.15) is 6.61 Å². The Bertz CT molecular complexity index is 473. The van der Waals surface area contributed by atoms with Crippen LogP contribution in [0.2, 0.25) is 0 Å². The van der Waals surface area contributed by atoms with Crippen LogP contribution in [0.5, 0.6) is 0 Å². The van der Waals surface area contributed by atoms with Gasteiger partial charge >= 0.3 is 12.0 Å². The molecule has 0 aromatic carbocycles. The Balaban J connectivity index is 2.03. The van der Waals surface area contributed by atoms with Gasteiger partial charge in [0.2, 0.25) is 0 Å². The van der Waals surface area contributed by atoms with E-state index in [1.165, 1.54) is 0 Å². The van der Waals surface area contributed by atoms with Crippen molar-refractivity contribution in [3.05, 3.63) is 17.5 Å². The van der Waals surface area contributed by atoms with Crippen molar-refractivity contribution in [2.75, 3.05) is 26.3 Å². The number of nitrogens with zero attached hydrogens (tertiary/aromatic N) is 2. The Hall–Kier alpha value is -2.09. The molecule has 1 aromatic rings. The molecule has 0 saturated heterocycles. The lowest BCUT2D eigenvalue weighted by atomic mass is 10.4. The molecule has 0 spiro atoms. The maximum Gasteiger partial charge on any atom is 0.329 e. The number of urea groups is 1. The normalized spacial score (nSPS) is 10.4. The summed E-state index contributed by atoms with van der Waals surface area (Å²) < 4.78 is 6.70. The number of hydrogen-bond acceptors (Lipinski definition) is 4. The second-order valence-electron chi connectivity index (χ2n) is 4.63. The van der Waals surface area contributed by atoms with Crippen LogP contribution < -0.4 is 10.6 Å². The molecule has 0 aliphatic carbocycles. The highest BCUT2D eigenvalue weighted by Gasteiger charge is 2.02. The lowest BCUT2D eigenvalue weighted by Crippen LogP contribution is -2.38. The van der Waals surface area contributed by atoms with Gasteiger partial charge in [-0.3, -0.25) is 4.68 Å². The molecule has 1 aromatic heterocycles. The van der Waals surface area contributed by atoms with Crippen LogP contribution in [0, 0.1) is 13.8 Å². The molecular weight excluding hydrogens is 276 g/mol. The second-order valence-corrected chi connectivity index (χ2v) is 4.63. The SMILES string of the molecule is Cc1cc(C)n(CCCNC(=O)NCCOCC(=O)O)n1. The second kappa shape index (κ2) is 8.96. The van der Waals surface area contributed by atoms with Gasteiger partial charge in [-0.2, -0.15) is 5.10 Å². The van der Waals surface area contributed by atoms with Crippen molar-refractivity contribution in [1.29, 1.82) is 0 Å². The highest BCUT2D eigenvalue weighted by Crippen LogP contribution is 2.01. The number of nitrogens with one attached hydrogen (secondary N) is 2. The van der Waals surface area contributed by atoms with E-state index in [1.807, 2.05) is 24.6 Å². The lowest BCUT2D eigenvalue weighted by Gasteiger charge is -2.08. The summed E-state index contributed by atoms with van der Waals surface area (Å²) in [6.45, 7) is 5.33. The summed E-state index contributed by atoms with van der Waals surface area (Å²) >= 11 is 0. The maximum absolute atomic E-state index is 11.4. The molecule has 0 radical (unpaired) electrons. The molecule has 1 heterocycles. The zero-order chi connectivity index (χ0) is 15.7. The van der Waals surface area contributed by atoms with Crippen LogP contribution in [0.3, 0.4) is 0 Å². The molecule has 8 nitrogen and oxygen atoms in total. The number of rotatable bonds is 9. The molecule has 21 heavy (non-hydrogen) atoms.